The molecule has 34 heavy (non-hydrogen) atoms. The number of carbonyl (C=O) groups excluding carboxylic acids is 1. The van der Waals surface area contributed by atoms with Crippen LogP contribution in [0.25, 0.3) is 16.9 Å². The first-order valence-electron chi connectivity index (χ1n) is 11.1. The number of alkyl halides is 2. The summed E-state index contributed by atoms with van der Waals surface area (Å²) in [6, 6.07) is 16.0. The lowest BCUT2D eigenvalue weighted by Gasteiger charge is -2.15. The van der Waals surface area contributed by atoms with E-state index in [9.17, 15) is 13.6 Å². The summed E-state index contributed by atoms with van der Waals surface area (Å²) >= 11 is 0. The molecular weight excluding hydrogens is 438 g/mol. The molecule has 8 heteroatoms. The van der Waals surface area contributed by atoms with Crippen molar-refractivity contribution in [2.45, 2.75) is 39.2 Å². The molecule has 1 N–H and O–H groups in total. The summed E-state index contributed by atoms with van der Waals surface area (Å²) in [5.41, 5.74) is 3.00. The first-order valence-corrected chi connectivity index (χ1v) is 11.1. The van der Waals surface area contributed by atoms with Gasteiger partial charge in [-0.25, -0.2) is 18.3 Å². The number of benzene rings is 2. The lowest BCUT2D eigenvalue weighted by Crippen LogP contribution is -2.26. The third kappa shape index (κ3) is 4.76. The minimum atomic E-state index is -2.79. The van der Waals surface area contributed by atoms with Crippen LogP contribution in [0, 0.1) is 0 Å². The monoisotopic (exact) mass is 464 g/mol. The van der Waals surface area contributed by atoms with Crippen LogP contribution in [0.15, 0.2) is 60.8 Å². The van der Waals surface area contributed by atoms with Gasteiger partial charge in [0.2, 0.25) is 0 Å². The zero-order chi connectivity index (χ0) is 24.2. The highest BCUT2D eigenvalue weighted by molar-refractivity contribution is 6.00. The molecule has 0 saturated carbocycles. The van der Waals surface area contributed by atoms with E-state index in [1.165, 1.54) is 17.8 Å². The van der Waals surface area contributed by atoms with E-state index in [0.29, 0.717) is 17.0 Å². The molecule has 4 rings (SSSR count). The molecule has 0 unspecified atom stereocenters. The zero-order valence-electron chi connectivity index (χ0n) is 19.3. The van der Waals surface area contributed by atoms with Gasteiger partial charge in [0.05, 0.1) is 25.0 Å². The maximum Gasteiger partial charge on any atom is 0.280 e. The fourth-order valence-corrected chi connectivity index (χ4v) is 3.83. The van der Waals surface area contributed by atoms with Gasteiger partial charge in [0.25, 0.3) is 12.3 Å². The molecule has 0 spiro atoms. The number of halogens is 2. The standard InChI is InChI=1S/C26H26F2N4O2/c1-4-5-17-6-8-18(9-7-17)16(2)30-26(33)21-15-29-32-23(24(27)28)14-22(31-25(21)32)19-10-12-20(34-3)13-11-19/h6-16,24H,4-5H2,1-3H3,(H,30,33)/t16-/m0/s1. The van der Waals surface area contributed by atoms with Gasteiger partial charge >= 0.3 is 0 Å². The van der Waals surface area contributed by atoms with E-state index in [4.69, 9.17) is 4.74 Å². The van der Waals surface area contributed by atoms with E-state index >= 15 is 0 Å². The lowest BCUT2D eigenvalue weighted by atomic mass is 10.0. The van der Waals surface area contributed by atoms with Crippen molar-refractivity contribution in [3.8, 4) is 17.0 Å². The van der Waals surface area contributed by atoms with Crippen molar-refractivity contribution in [3.63, 3.8) is 0 Å². The summed E-state index contributed by atoms with van der Waals surface area (Å²) in [4.78, 5) is 17.6. The number of rotatable bonds is 8. The van der Waals surface area contributed by atoms with Crippen molar-refractivity contribution in [2.75, 3.05) is 7.11 Å². The molecule has 0 aliphatic carbocycles. The summed E-state index contributed by atoms with van der Waals surface area (Å²) in [6.45, 7) is 4.00. The number of nitrogens with zero attached hydrogens (tertiary/aromatic N) is 3. The normalized spacial score (nSPS) is 12.2. The minimum Gasteiger partial charge on any atom is -0.497 e. The number of aromatic nitrogens is 3. The molecule has 2 aromatic heterocycles. The molecule has 1 amide bonds. The number of hydrogen-bond acceptors (Lipinski definition) is 4. The van der Waals surface area contributed by atoms with Crippen LogP contribution in [0.1, 0.15) is 59.9 Å². The van der Waals surface area contributed by atoms with Gasteiger partial charge in [-0.3, -0.25) is 4.79 Å². The molecule has 0 radical (unpaired) electrons. The number of amides is 1. The molecule has 4 aromatic rings. The molecule has 1 atom stereocenters. The first kappa shape index (κ1) is 23.4. The fraction of sp³-hybridized carbons (Fsp3) is 0.269. The Morgan fingerprint density at radius 1 is 1.12 bits per heavy atom. The summed E-state index contributed by atoms with van der Waals surface area (Å²) in [6.07, 6.45) is 0.544. The van der Waals surface area contributed by atoms with Crippen LogP contribution < -0.4 is 10.1 Å². The van der Waals surface area contributed by atoms with E-state index in [1.807, 2.05) is 19.1 Å². The molecule has 176 valence electrons. The molecule has 0 saturated heterocycles. The third-order valence-corrected chi connectivity index (χ3v) is 5.72. The van der Waals surface area contributed by atoms with Gasteiger partial charge in [0.15, 0.2) is 5.65 Å². The predicted octanol–water partition coefficient (Wildman–Crippen LogP) is 5.79. The lowest BCUT2D eigenvalue weighted by molar-refractivity contribution is 0.0941. The van der Waals surface area contributed by atoms with E-state index in [0.717, 1.165) is 22.9 Å². The Balaban J connectivity index is 1.66. The summed E-state index contributed by atoms with van der Waals surface area (Å²) in [7, 11) is 1.55. The Hall–Kier alpha value is -3.81. The van der Waals surface area contributed by atoms with E-state index in [2.05, 4.69) is 34.5 Å². The van der Waals surface area contributed by atoms with Crippen LogP contribution in [-0.2, 0) is 6.42 Å². The van der Waals surface area contributed by atoms with Gasteiger partial charge in [0, 0.05) is 5.56 Å². The summed E-state index contributed by atoms with van der Waals surface area (Å²) in [5, 5.41) is 6.96. The van der Waals surface area contributed by atoms with Gasteiger partial charge in [-0.1, -0.05) is 37.6 Å². The SMILES string of the molecule is CCCc1ccc([C@H](C)NC(=O)c2cnn3c(C(F)F)cc(-c4ccc(OC)cc4)nc23)cc1. The molecule has 2 heterocycles. The molecule has 0 aliphatic heterocycles. The highest BCUT2D eigenvalue weighted by Crippen LogP contribution is 2.28. The Kier molecular flexibility index (Phi) is 6.86. The summed E-state index contributed by atoms with van der Waals surface area (Å²) in [5.74, 6) is 0.208. The number of ether oxygens (including phenoxy) is 1. The van der Waals surface area contributed by atoms with Crippen LogP contribution in [0.3, 0.4) is 0 Å². The molecular formula is C26H26F2N4O2. The van der Waals surface area contributed by atoms with Crippen molar-refractivity contribution in [3.05, 3.63) is 83.2 Å². The Morgan fingerprint density at radius 2 is 1.82 bits per heavy atom. The van der Waals surface area contributed by atoms with Crippen LogP contribution >= 0.6 is 0 Å². The maximum absolute atomic E-state index is 13.8. The smallest absolute Gasteiger partial charge is 0.280 e. The summed E-state index contributed by atoms with van der Waals surface area (Å²) < 4.78 is 33.8. The zero-order valence-corrected chi connectivity index (χ0v) is 19.3. The number of methoxy groups -OCH3 is 1. The Labute approximate surface area is 196 Å². The highest BCUT2D eigenvalue weighted by Gasteiger charge is 2.22. The largest absolute Gasteiger partial charge is 0.497 e. The Morgan fingerprint density at radius 3 is 2.44 bits per heavy atom. The van der Waals surface area contributed by atoms with E-state index < -0.39 is 12.3 Å². The van der Waals surface area contributed by atoms with Crippen LogP contribution in [0.5, 0.6) is 5.75 Å². The average Bonchev–Trinajstić information content (AvgIpc) is 3.28. The van der Waals surface area contributed by atoms with Crippen LogP contribution in [0.2, 0.25) is 0 Å². The third-order valence-electron chi connectivity index (χ3n) is 5.72. The second kappa shape index (κ2) is 9.99. The fourth-order valence-electron chi connectivity index (χ4n) is 3.83. The van der Waals surface area contributed by atoms with Crippen molar-refractivity contribution in [2.24, 2.45) is 0 Å². The molecule has 6 nitrogen and oxygen atoms in total. The maximum atomic E-state index is 13.8. The number of carbonyl (C=O) groups is 1. The minimum absolute atomic E-state index is 0.0756. The van der Waals surface area contributed by atoms with E-state index in [1.54, 1.807) is 31.4 Å². The van der Waals surface area contributed by atoms with Crippen molar-refractivity contribution < 1.29 is 18.3 Å². The van der Waals surface area contributed by atoms with Crippen molar-refractivity contribution in [1.82, 2.24) is 19.9 Å². The van der Waals surface area contributed by atoms with E-state index in [-0.39, 0.29) is 22.9 Å². The van der Waals surface area contributed by atoms with Gasteiger partial charge in [-0.15, -0.1) is 0 Å². The number of hydrogen-bond donors (Lipinski definition) is 1. The predicted molar refractivity (Wildman–Crippen MR) is 126 cm³/mol. The van der Waals surface area contributed by atoms with Crippen molar-refractivity contribution in [1.29, 1.82) is 0 Å². The molecule has 0 fully saturated rings. The molecule has 0 aliphatic rings. The number of aryl methyl sites for hydroxylation is 1. The van der Waals surface area contributed by atoms with Crippen LogP contribution in [-0.4, -0.2) is 27.6 Å². The van der Waals surface area contributed by atoms with Crippen molar-refractivity contribution >= 4 is 11.6 Å². The second-order valence-electron chi connectivity index (χ2n) is 8.08. The van der Waals surface area contributed by atoms with Gasteiger partial charge < -0.3 is 10.1 Å². The second-order valence-corrected chi connectivity index (χ2v) is 8.08. The van der Waals surface area contributed by atoms with Crippen LogP contribution in [0.4, 0.5) is 8.78 Å². The van der Waals surface area contributed by atoms with Gasteiger partial charge in [-0.05, 0) is 54.8 Å². The topological polar surface area (TPSA) is 68.5 Å². The first-order chi connectivity index (χ1) is 16.4. The Bertz CT molecular complexity index is 1280. The van der Waals surface area contributed by atoms with Gasteiger partial charge in [0.1, 0.15) is 17.0 Å². The molecule has 0 bridgehead atoms. The average molecular weight is 465 g/mol. The highest BCUT2D eigenvalue weighted by atomic mass is 19.3. The number of nitrogens with one attached hydrogen (secondary N) is 1. The van der Waals surface area contributed by atoms with Gasteiger partial charge in [-0.2, -0.15) is 5.10 Å². The molecule has 2 aromatic carbocycles. The number of fused-ring (bicyclic) bond motifs is 1. The quantitative estimate of drug-likeness (QED) is 0.359.